The Morgan fingerprint density at radius 2 is 1.05 bits per heavy atom. The van der Waals surface area contributed by atoms with E-state index in [9.17, 15) is 0 Å². The molecule has 7 aromatic carbocycles. The molecule has 0 radical (unpaired) electrons. The molecule has 0 aliphatic carbocycles. The van der Waals surface area contributed by atoms with Crippen molar-refractivity contribution < 1.29 is 0 Å². The highest BCUT2D eigenvalue weighted by Gasteiger charge is 2.21. The van der Waals surface area contributed by atoms with Crippen molar-refractivity contribution in [3.8, 4) is 22.3 Å². The Morgan fingerprint density at radius 1 is 0.381 bits per heavy atom. The van der Waals surface area contributed by atoms with Crippen molar-refractivity contribution in [1.29, 1.82) is 0 Å². The summed E-state index contributed by atoms with van der Waals surface area (Å²) in [5.41, 5.74) is 8.25. The average Bonchev–Trinajstić information content (AvgIpc) is 3.46. The lowest BCUT2D eigenvalue weighted by atomic mass is 9.95. The molecule has 0 unspecified atom stereocenters. The van der Waals surface area contributed by atoms with Crippen molar-refractivity contribution in [2.24, 2.45) is 0 Å². The van der Waals surface area contributed by atoms with Crippen molar-refractivity contribution in [3.05, 3.63) is 164 Å². The molecular formula is C40H27NS. The summed E-state index contributed by atoms with van der Waals surface area (Å²) in [6.45, 7) is 0. The summed E-state index contributed by atoms with van der Waals surface area (Å²) >= 11 is 1.87. The molecule has 0 aliphatic heterocycles. The number of hydrogen-bond acceptors (Lipinski definition) is 2. The van der Waals surface area contributed by atoms with Crippen LogP contribution in [0.1, 0.15) is 0 Å². The monoisotopic (exact) mass is 553 g/mol. The normalized spacial score (nSPS) is 11.3. The van der Waals surface area contributed by atoms with Crippen LogP contribution in [0.2, 0.25) is 0 Å². The topological polar surface area (TPSA) is 3.24 Å². The minimum atomic E-state index is 1.13. The average molecular weight is 554 g/mol. The summed E-state index contributed by atoms with van der Waals surface area (Å²) < 4.78 is 2.65. The number of hydrogen-bond donors (Lipinski definition) is 0. The van der Waals surface area contributed by atoms with Gasteiger partial charge in [0.1, 0.15) is 0 Å². The SMILES string of the molecule is c1ccc(-c2ccc(N(c3ccccc3)c3cccc4c3ccc3sc5ccccc5c34)c(-c3ccccc3)c2)cc1. The van der Waals surface area contributed by atoms with Crippen LogP contribution in [0.25, 0.3) is 53.2 Å². The van der Waals surface area contributed by atoms with Gasteiger partial charge in [-0.25, -0.2) is 0 Å². The Morgan fingerprint density at radius 3 is 1.83 bits per heavy atom. The molecule has 0 saturated carbocycles. The number of rotatable bonds is 5. The number of fused-ring (bicyclic) bond motifs is 5. The Hall–Kier alpha value is -5.18. The highest BCUT2D eigenvalue weighted by molar-refractivity contribution is 7.26. The molecule has 0 fully saturated rings. The maximum absolute atomic E-state index is 2.43. The van der Waals surface area contributed by atoms with Crippen molar-refractivity contribution in [2.75, 3.05) is 4.90 Å². The van der Waals surface area contributed by atoms with Gasteiger partial charge < -0.3 is 4.90 Å². The number of benzene rings is 7. The van der Waals surface area contributed by atoms with E-state index >= 15 is 0 Å². The van der Waals surface area contributed by atoms with Gasteiger partial charge in [-0.15, -0.1) is 11.3 Å². The fourth-order valence-electron chi connectivity index (χ4n) is 6.13. The highest BCUT2D eigenvalue weighted by atomic mass is 32.1. The van der Waals surface area contributed by atoms with Crippen molar-refractivity contribution >= 4 is 59.3 Å². The van der Waals surface area contributed by atoms with Crippen molar-refractivity contribution in [1.82, 2.24) is 0 Å². The number of anilines is 3. The zero-order valence-corrected chi connectivity index (χ0v) is 23.8. The fraction of sp³-hybridized carbons (Fsp3) is 0. The molecule has 0 N–H and O–H groups in total. The van der Waals surface area contributed by atoms with Crippen LogP contribution in [-0.2, 0) is 0 Å². The van der Waals surface area contributed by atoms with Crippen LogP contribution < -0.4 is 4.90 Å². The summed E-state index contributed by atoms with van der Waals surface area (Å²) in [5, 5.41) is 5.18. The zero-order chi connectivity index (χ0) is 27.9. The Bertz CT molecular complexity index is 2180. The lowest BCUT2D eigenvalue weighted by Crippen LogP contribution is -2.11. The molecule has 198 valence electrons. The van der Waals surface area contributed by atoms with Gasteiger partial charge in [-0.1, -0.05) is 121 Å². The van der Waals surface area contributed by atoms with Crippen LogP contribution in [0.15, 0.2) is 164 Å². The van der Waals surface area contributed by atoms with Crippen LogP contribution in [0.5, 0.6) is 0 Å². The molecule has 0 bridgehead atoms. The molecule has 0 saturated heterocycles. The van der Waals surface area contributed by atoms with E-state index < -0.39 is 0 Å². The van der Waals surface area contributed by atoms with Crippen LogP contribution >= 0.6 is 11.3 Å². The summed E-state index contributed by atoms with van der Waals surface area (Å²) in [4.78, 5) is 2.43. The Balaban J connectivity index is 1.42. The van der Waals surface area contributed by atoms with Crippen molar-refractivity contribution in [3.63, 3.8) is 0 Å². The highest BCUT2D eigenvalue weighted by Crippen LogP contribution is 2.47. The number of nitrogens with zero attached hydrogens (tertiary/aromatic N) is 1. The predicted octanol–water partition coefficient (Wildman–Crippen LogP) is 12.0. The van der Waals surface area contributed by atoms with E-state index in [1.54, 1.807) is 0 Å². The molecule has 0 atom stereocenters. The minimum Gasteiger partial charge on any atom is -0.309 e. The van der Waals surface area contributed by atoms with Gasteiger partial charge in [-0.05, 0) is 64.5 Å². The summed E-state index contributed by atoms with van der Waals surface area (Å²) in [5.74, 6) is 0. The first-order valence-electron chi connectivity index (χ1n) is 14.3. The molecule has 8 rings (SSSR count). The lowest BCUT2D eigenvalue weighted by molar-refractivity contribution is 1.30. The van der Waals surface area contributed by atoms with Crippen LogP contribution in [0.3, 0.4) is 0 Å². The largest absolute Gasteiger partial charge is 0.309 e. The van der Waals surface area contributed by atoms with Gasteiger partial charge in [0, 0.05) is 36.8 Å². The molecule has 42 heavy (non-hydrogen) atoms. The first-order chi connectivity index (χ1) is 20.8. The maximum atomic E-state index is 2.43. The second kappa shape index (κ2) is 10.3. The molecule has 1 aromatic heterocycles. The van der Waals surface area contributed by atoms with Gasteiger partial charge in [0.25, 0.3) is 0 Å². The first kappa shape index (κ1) is 24.6. The summed E-state index contributed by atoms with van der Waals surface area (Å²) in [7, 11) is 0. The van der Waals surface area contributed by atoms with E-state index in [1.165, 1.54) is 58.9 Å². The second-order valence-corrected chi connectivity index (χ2v) is 11.6. The molecule has 2 heteroatoms. The van der Waals surface area contributed by atoms with Gasteiger partial charge in [0.2, 0.25) is 0 Å². The van der Waals surface area contributed by atoms with E-state index in [0.29, 0.717) is 0 Å². The molecule has 0 spiro atoms. The maximum Gasteiger partial charge on any atom is 0.0540 e. The molecule has 0 aliphatic rings. The predicted molar refractivity (Wildman–Crippen MR) is 182 cm³/mol. The lowest BCUT2D eigenvalue weighted by Gasteiger charge is -2.29. The third-order valence-corrected chi connectivity index (χ3v) is 9.20. The zero-order valence-electron chi connectivity index (χ0n) is 22.9. The number of para-hydroxylation sites is 1. The molecular weight excluding hydrogens is 527 g/mol. The van der Waals surface area contributed by atoms with Gasteiger partial charge in [0.05, 0.1) is 11.4 Å². The Kier molecular flexibility index (Phi) is 6.05. The van der Waals surface area contributed by atoms with Crippen molar-refractivity contribution in [2.45, 2.75) is 0 Å². The van der Waals surface area contributed by atoms with Crippen LogP contribution in [-0.4, -0.2) is 0 Å². The van der Waals surface area contributed by atoms with E-state index in [-0.39, 0.29) is 0 Å². The van der Waals surface area contributed by atoms with Crippen LogP contribution in [0.4, 0.5) is 17.1 Å². The van der Waals surface area contributed by atoms with Gasteiger partial charge in [0.15, 0.2) is 0 Å². The smallest absolute Gasteiger partial charge is 0.0540 e. The standard InChI is InChI=1S/C40H27NS/c1-4-13-28(14-5-1)30-23-25-37(35(27-30)29-15-6-2-7-16-29)41(31-17-8-3-9-18-31)36-21-12-20-33-32(36)24-26-39-40(33)34-19-10-11-22-38(34)42-39/h1-27H. The molecule has 8 aromatic rings. The second-order valence-electron chi connectivity index (χ2n) is 10.5. The van der Waals surface area contributed by atoms with E-state index in [2.05, 4.69) is 169 Å². The van der Waals surface area contributed by atoms with Gasteiger partial charge in [-0.2, -0.15) is 0 Å². The van der Waals surface area contributed by atoms with E-state index in [0.717, 1.165) is 11.4 Å². The fourth-order valence-corrected chi connectivity index (χ4v) is 7.26. The van der Waals surface area contributed by atoms with E-state index in [1.807, 2.05) is 11.3 Å². The summed E-state index contributed by atoms with van der Waals surface area (Å²) in [6.07, 6.45) is 0. The van der Waals surface area contributed by atoms with Crippen LogP contribution in [0, 0.1) is 0 Å². The third-order valence-electron chi connectivity index (χ3n) is 8.06. The van der Waals surface area contributed by atoms with E-state index in [4.69, 9.17) is 0 Å². The molecule has 0 amide bonds. The molecule has 1 nitrogen and oxygen atoms in total. The minimum absolute atomic E-state index is 1.13. The van der Waals surface area contributed by atoms with Gasteiger partial charge in [-0.3, -0.25) is 0 Å². The summed E-state index contributed by atoms with van der Waals surface area (Å²) in [6, 6.07) is 59.1. The quantitative estimate of drug-likeness (QED) is 0.205. The molecule has 1 heterocycles. The van der Waals surface area contributed by atoms with Gasteiger partial charge >= 0.3 is 0 Å². The number of thiophene rings is 1. The first-order valence-corrected chi connectivity index (χ1v) is 15.1. The Labute approximate surface area is 249 Å². The third kappa shape index (κ3) is 4.16.